The van der Waals surface area contributed by atoms with Crippen molar-refractivity contribution in [3.8, 4) is 145 Å². The second kappa shape index (κ2) is 33.4. The van der Waals surface area contributed by atoms with Crippen LogP contribution in [0.3, 0.4) is 0 Å². The summed E-state index contributed by atoms with van der Waals surface area (Å²) < 4.78 is 5.34. The molecule has 0 radical (unpaired) electrons. The van der Waals surface area contributed by atoms with Crippen LogP contribution in [0.2, 0.25) is 0 Å². The molecule has 690 valence electrons. The van der Waals surface area contributed by atoms with Crippen molar-refractivity contribution in [3.05, 3.63) is 518 Å². The molecular weight excluding hydrogens is 1790 g/mol. The van der Waals surface area contributed by atoms with Crippen LogP contribution in [-0.2, 0) is 21.7 Å². The van der Waals surface area contributed by atoms with Gasteiger partial charge in [-0.05, 0) is 303 Å². The van der Waals surface area contributed by atoms with Crippen LogP contribution in [0.25, 0.3) is 250 Å². The van der Waals surface area contributed by atoms with E-state index in [4.69, 9.17) is 0 Å². The highest BCUT2D eigenvalue weighted by Gasteiger charge is 2.42. The van der Waals surface area contributed by atoms with Gasteiger partial charge in [0.1, 0.15) is 0 Å². The molecule has 0 atom stereocenters. The van der Waals surface area contributed by atoms with Gasteiger partial charge in [0.25, 0.3) is 0 Å². The average molecular weight is 1900 g/mol. The number of fused-ring (bicyclic) bond motifs is 24. The highest BCUT2D eigenvalue weighted by Crippen LogP contribution is 2.61. The van der Waals surface area contributed by atoms with E-state index in [0.29, 0.717) is 0 Å². The lowest BCUT2D eigenvalue weighted by Gasteiger charge is -2.26. The first kappa shape index (κ1) is 87.1. The Kier molecular flexibility index (Phi) is 20.0. The van der Waals surface area contributed by atoms with Crippen LogP contribution in [-0.4, -0.2) is 0 Å². The zero-order valence-corrected chi connectivity index (χ0v) is 84.5. The molecule has 0 fully saturated rings. The Morgan fingerprint density at radius 2 is 0.404 bits per heavy atom. The van der Waals surface area contributed by atoms with Crippen molar-refractivity contribution in [1.82, 2.24) is 0 Å². The molecule has 26 aromatic rings. The van der Waals surface area contributed by atoms with Crippen molar-refractivity contribution in [2.45, 2.75) is 77.0 Å². The Bertz CT molecular complexity index is 9980. The van der Waals surface area contributed by atoms with Crippen molar-refractivity contribution < 1.29 is 0 Å². The molecular formula is C144H102S2. The third kappa shape index (κ3) is 13.3. The molecule has 4 aliphatic rings. The third-order valence-electron chi connectivity index (χ3n) is 33.2. The van der Waals surface area contributed by atoms with E-state index in [1.54, 1.807) is 0 Å². The van der Waals surface area contributed by atoms with Crippen molar-refractivity contribution in [2.75, 3.05) is 0 Å². The van der Waals surface area contributed by atoms with Crippen LogP contribution in [0.15, 0.2) is 473 Å². The first-order chi connectivity index (χ1) is 71.5. The largest absolute Gasteiger partial charge is 0.135 e. The molecule has 0 N–H and O–H groups in total. The van der Waals surface area contributed by atoms with E-state index in [-0.39, 0.29) is 21.7 Å². The maximum absolute atomic E-state index is 2.47. The fourth-order valence-corrected chi connectivity index (χ4v) is 28.7. The van der Waals surface area contributed by atoms with E-state index in [1.165, 1.54) is 294 Å². The van der Waals surface area contributed by atoms with Gasteiger partial charge in [-0.25, -0.2) is 0 Å². The maximum atomic E-state index is 2.47. The predicted octanol–water partition coefficient (Wildman–Crippen LogP) is 40.9. The standard InChI is InChI=1S/C50H38.2C47H32S/c1-49(2)43-23-12-11-18-35(43)41-30-33(26-28-45(41)49)46-36-19-8-9-20-37(36)47(38-27-25-32(29-42(38)46)31-15-6-5-7-16-31)40-22-14-21-39-34-17-10-13-24-44(34)50(3,4)48(39)40;1-47(2)41-21-10-8-15-32(41)39-28-31(24-26-42(39)47)44-34-17-6-7-18-35(34)45(36-25-23-30(27-40(36)44)29-13-4-3-5-14-29)38-20-12-19-37-33-16-9-11-22-43(33)48-46(37)38;1-47(2)40-20-10-8-15-32(40)38-28-31(24-26-41(38)47)44-33-16-6-7-17-34(33)45(35-25-23-30(27-39(35)44)29-13-4-3-5-14-29)37-19-12-22-43-46(37)36-18-9-11-21-42(36)48-43/h5-30H,1-4H3;2*3-28H,1-2H3. The second-order valence-corrected chi connectivity index (χ2v) is 44.7. The van der Waals surface area contributed by atoms with Gasteiger partial charge in [-0.3, -0.25) is 0 Å². The Labute approximate surface area is 860 Å². The molecule has 2 heteroatoms. The molecule has 0 amide bonds. The van der Waals surface area contributed by atoms with Gasteiger partial charge in [0.15, 0.2) is 0 Å². The Morgan fingerprint density at radius 3 is 0.829 bits per heavy atom. The summed E-state index contributed by atoms with van der Waals surface area (Å²) >= 11 is 3.79. The lowest BCUT2D eigenvalue weighted by Crippen LogP contribution is -2.16. The van der Waals surface area contributed by atoms with Crippen molar-refractivity contribution in [2.24, 2.45) is 0 Å². The highest BCUT2D eigenvalue weighted by atomic mass is 32.1. The van der Waals surface area contributed by atoms with Crippen LogP contribution < -0.4 is 0 Å². The predicted molar refractivity (Wildman–Crippen MR) is 629 cm³/mol. The second-order valence-electron chi connectivity index (χ2n) is 42.5. The van der Waals surface area contributed by atoms with Crippen molar-refractivity contribution in [1.29, 1.82) is 0 Å². The number of rotatable bonds is 9. The smallest absolute Gasteiger partial charge is 0.0434 e. The quantitative estimate of drug-likeness (QED) is 0.126. The van der Waals surface area contributed by atoms with E-state index in [2.05, 4.69) is 529 Å². The molecule has 0 unspecified atom stereocenters. The normalized spacial score (nSPS) is 13.8. The maximum Gasteiger partial charge on any atom is 0.0434 e. The van der Waals surface area contributed by atoms with Crippen molar-refractivity contribution >= 4 is 128 Å². The first-order valence-corrected chi connectivity index (χ1v) is 53.0. The summed E-state index contributed by atoms with van der Waals surface area (Å²) in [6.07, 6.45) is 0. The summed E-state index contributed by atoms with van der Waals surface area (Å²) in [5, 5.41) is 20.8. The minimum atomic E-state index is -0.126. The minimum Gasteiger partial charge on any atom is -0.135 e. The SMILES string of the molecule is CC1(C)c2ccccc2-c2cc(-c3c4ccccc4c(-c4cccc5c4C(C)(C)c4ccccc4-5)c4ccc(-c5ccccc5)cc34)ccc21.CC1(C)c2ccccc2-c2cc(-c3c4ccccc4c(-c4cccc5c4sc4ccccc45)c4ccc(-c5ccccc5)cc34)ccc21.CC1(C)c2ccccc2-c2cc(-c3c4ccccc4c(-c4cccc5sc6ccccc6c45)c4ccc(-c5ccccc5)cc34)ccc21. The van der Waals surface area contributed by atoms with Gasteiger partial charge in [-0.2, -0.15) is 0 Å². The molecule has 146 heavy (non-hydrogen) atoms. The summed E-state index contributed by atoms with van der Waals surface area (Å²) in [5.74, 6) is 0. The Morgan fingerprint density at radius 1 is 0.137 bits per heavy atom. The van der Waals surface area contributed by atoms with Gasteiger partial charge < -0.3 is 0 Å². The van der Waals surface area contributed by atoms with Crippen LogP contribution in [0.5, 0.6) is 0 Å². The van der Waals surface area contributed by atoms with Gasteiger partial charge in [0.05, 0.1) is 0 Å². The van der Waals surface area contributed by atoms with Crippen LogP contribution in [0, 0.1) is 0 Å². The zero-order chi connectivity index (χ0) is 97.7. The molecule has 0 bridgehead atoms. The number of hydrogen-bond donors (Lipinski definition) is 0. The van der Waals surface area contributed by atoms with Crippen LogP contribution in [0.1, 0.15) is 99.9 Å². The first-order valence-electron chi connectivity index (χ1n) is 51.4. The Hall–Kier alpha value is -16.7. The van der Waals surface area contributed by atoms with Crippen molar-refractivity contribution in [3.63, 3.8) is 0 Å². The van der Waals surface area contributed by atoms with E-state index >= 15 is 0 Å². The molecule has 0 spiro atoms. The summed E-state index contributed by atoms with van der Waals surface area (Å²) in [6, 6.07) is 177. The molecule has 2 heterocycles. The molecule has 0 nitrogen and oxygen atoms in total. The summed E-state index contributed by atoms with van der Waals surface area (Å²) in [6.45, 7) is 19.0. The van der Waals surface area contributed by atoms with E-state index in [1.807, 2.05) is 22.7 Å². The molecule has 0 aliphatic heterocycles. The lowest BCUT2D eigenvalue weighted by atomic mass is 9.76. The van der Waals surface area contributed by atoms with E-state index < -0.39 is 0 Å². The lowest BCUT2D eigenvalue weighted by molar-refractivity contribution is 0.660. The van der Waals surface area contributed by atoms with Gasteiger partial charge in [0.2, 0.25) is 0 Å². The number of benzene rings is 24. The molecule has 30 rings (SSSR count). The van der Waals surface area contributed by atoms with Gasteiger partial charge in [-0.1, -0.05) is 474 Å². The number of thiophene rings is 2. The van der Waals surface area contributed by atoms with Crippen LogP contribution >= 0.6 is 22.7 Å². The molecule has 2 aromatic heterocycles. The summed E-state index contributed by atoms with van der Waals surface area (Å²) in [4.78, 5) is 0. The topological polar surface area (TPSA) is 0 Å². The Balaban J connectivity index is 0.000000106. The van der Waals surface area contributed by atoms with Gasteiger partial charge in [-0.15, -0.1) is 22.7 Å². The van der Waals surface area contributed by atoms with Gasteiger partial charge >= 0.3 is 0 Å². The fraction of sp³-hybridized carbons (Fsp3) is 0.0833. The minimum absolute atomic E-state index is 0.0259. The van der Waals surface area contributed by atoms with Gasteiger partial charge in [0, 0.05) is 67.6 Å². The summed E-state index contributed by atoms with van der Waals surface area (Å²) in [7, 11) is 0. The fourth-order valence-electron chi connectivity index (χ4n) is 26.4. The van der Waals surface area contributed by atoms with E-state index in [0.717, 1.165) is 0 Å². The monoisotopic (exact) mass is 1890 g/mol. The van der Waals surface area contributed by atoms with Crippen LogP contribution in [0.4, 0.5) is 0 Å². The highest BCUT2D eigenvalue weighted by molar-refractivity contribution is 7.26. The average Bonchev–Trinajstić information content (AvgIpc) is 1.45. The summed E-state index contributed by atoms with van der Waals surface area (Å²) in [5.41, 5.74) is 44.8. The molecule has 0 saturated carbocycles. The molecule has 0 saturated heterocycles. The number of hydrogen-bond acceptors (Lipinski definition) is 2. The van der Waals surface area contributed by atoms with E-state index in [9.17, 15) is 0 Å². The molecule has 4 aliphatic carbocycles. The third-order valence-corrected chi connectivity index (χ3v) is 35.6. The zero-order valence-electron chi connectivity index (χ0n) is 82.8. The molecule has 24 aromatic carbocycles.